The molecule has 0 atom stereocenters. The van der Waals surface area contributed by atoms with Crippen LogP contribution in [0, 0.1) is 6.92 Å². The molecular weight excluding hydrogens is 424 g/mol. The standard InChI is InChI=1S/C25H27ClN4S/c1-16-11-20(21(26)14-22(16)30-25-27-9-4-10-28-25)13-24-29-23(15-31-24)19-8-7-17-5-2-3-6-18(17)12-19/h7-8,11-12,14-15H,2-6,9-10,13H2,1H3,(H2,27,28,30). The number of hydrogen-bond donors (Lipinski definition) is 2. The van der Waals surface area contributed by atoms with Crippen molar-refractivity contribution in [2.75, 3.05) is 18.4 Å². The number of halogens is 1. The Morgan fingerprint density at radius 1 is 1.10 bits per heavy atom. The van der Waals surface area contributed by atoms with E-state index in [4.69, 9.17) is 16.6 Å². The van der Waals surface area contributed by atoms with Gasteiger partial charge in [0.05, 0.1) is 10.7 Å². The number of aliphatic imine (C=N–C) groups is 1. The van der Waals surface area contributed by atoms with Gasteiger partial charge in [-0.3, -0.25) is 4.99 Å². The first kappa shape index (κ1) is 20.5. The van der Waals surface area contributed by atoms with Crippen LogP contribution in [0.15, 0.2) is 40.7 Å². The molecule has 1 aromatic heterocycles. The van der Waals surface area contributed by atoms with E-state index in [0.29, 0.717) is 0 Å². The van der Waals surface area contributed by atoms with Crippen LogP contribution in [0.2, 0.25) is 5.02 Å². The summed E-state index contributed by atoms with van der Waals surface area (Å²) in [5.41, 5.74) is 8.56. The van der Waals surface area contributed by atoms with Crippen LogP contribution >= 0.6 is 22.9 Å². The summed E-state index contributed by atoms with van der Waals surface area (Å²) >= 11 is 8.36. The summed E-state index contributed by atoms with van der Waals surface area (Å²) in [7, 11) is 0. The van der Waals surface area contributed by atoms with Gasteiger partial charge in [-0.05, 0) is 73.4 Å². The largest absolute Gasteiger partial charge is 0.356 e. The summed E-state index contributed by atoms with van der Waals surface area (Å²) in [5, 5.41) is 10.7. The molecule has 6 heteroatoms. The van der Waals surface area contributed by atoms with Crippen LogP contribution in [0.5, 0.6) is 0 Å². The predicted molar refractivity (Wildman–Crippen MR) is 132 cm³/mol. The summed E-state index contributed by atoms with van der Waals surface area (Å²) in [6.07, 6.45) is 6.83. The molecule has 1 aliphatic heterocycles. The van der Waals surface area contributed by atoms with E-state index in [9.17, 15) is 0 Å². The molecule has 0 amide bonds. The maximum atomic E-state index is 6.65. The highest BCUT2D eigenvalue weighted by molar-refractivity contribution is 7.10. The smallest absolute Gasteiger partial charge is 0.195 e. The number of fused-ring (bicyclic) bond motifs is 1. The fourth-order valence-electron chi connectivity index (χ4n) is 4.34. The molecule has 2 N–H and O–H groups in total. The molecule has 160 valence electrons. The average Bonchev–Trinajstić information content (AvgIpc) is 3.26. The Hall–Kier alpha value is -2.37. The van der Waals surface area contributed by atoms with Crippen molar-refractivity contribution < 1.29 is 0 Å². The quantitative estimate of drug-likeness (QED) is 0.512. The first-order valence-corrected chi connectivity index (χ1v) is 12.3. The van der Waals surface area contributed by atoms with Crippen molar-refractivity contribution >= 4 is 34.6 Å². The number of hydrogen-bond acceptors (Lipinski definition) is 5. The monoisotopic (exact) mass is 450 g/mol. The van der Waals surface area contributed by atoms with E-state index in [1.54, 1.807) is 11.3 Å². The summed E-state index contributed by atoms with van der Waals surface area (Å²) in [4.78, 5) is 9.41. The summed E-state index contributed by atoms with van der Waals surface area (Å²) in [6, 6.07) is 11.0. The number of benzene rings is 2. The van der Waals surface area contributed by atoms with E-state index in [1.807, 2.05) is 6.07 Å². The fraction of sp³-hybridized carbons (Fsp3) is 0.360. The van der Waals surface area contributed by atoms with Gasteiger partial charge in [-0.25, -0.2) is 4.98 Å². The van der Waals surface area contributed by atoms with Crippen molar-refractivity contribution in [1.82, 2.24) is 10.3 Å². The molecule has 0 spiro atoms. The van der Waals surface area contributed by atoms with E-state index in [1.165, 1.54) is 42.4 Å². The molecule has 0 saturated carbocycles. The van der Waals surface area contributed by atoms with Crippen LogP contribution in [0.3, 0.4) is 0 Å². The first-order valence-electron chi connectivity index (χ1n) is 11.1. The minimum absolute atomic E-state index is 0.745. The average molecular weight is 451 g/mol. The van der Waals surface area contributed by atoms with Gasteiger partial charge in [0.25, 0.3) is 0 Å². The molecule has 3 aromatic rings. The summed E-state index contributed by atoms with van der Waals surface area (Å²) in [6.45, 7) is 3.91. The lowest BCUT2D eigenvalue weighted by atomic mass is 9.90. The highest BCUT2D eigenvalue weighted by Gasteiger charge is 2.14. The van der Waals surface area contributed by atoms with Crippen molar-refractivity contribution in [3.8, 4) is 11.3 Å². The van der Waals surface area contributed by atoms with Crippen LogP contribution in [-0.4, -0.2) is 24.0 Å². The Kier molecular flexibility index (Phi) is 5.97. The molecular formula is C25H27ClN4S. The van der Waals surface area contributed by atoms with Gasteiger partial charge in [-0.15, -0.1) is 11.3 Å². The van der Waals surface area contributed by atoms with Crippen molar-refractivity contribution in [1.29, 1.82) is 0 Å². The van der Waals surface area contributed by atoms with Gasteiger partial charge >= 0.3 is 0 Å². The normalized spacial score (nSPS) is 15.7. The molecule has 1 aliphatic carbocycles. The Morgan fingerprint density at radius 3 is 2.81 bits per heavy atom. The van der Waals surface area contributed by atoms with Crippen LogP contribution in [0.4, 0.5) is 5.69 Å². The van der Waals surface area contributed by atoms with Crippen LogP contribution in [0.25, 0.3) is 11.3 Å². The summed E-state index contributed by atoms with van der Waals surface area (Å²) < 4.78 is 0. The number of aryl methyl sites for hydroxylation is 3. The maximum absolute atomic E-state index is 6.65. The fourth-order valence-corrected chi connectivity index (χ4v) is 5.39. The van der Waals surface area contributed by atoms with E-state index < -0.39 is 0 Å². The van der Waals surface area contributed by atoms with Crippen molar-refractivity contribution in [2.45, 2.75) is 45.4 Å². The Morgan fingerprint density at radius 2 is 1.97 bits per heavy atom. The van der Waals surface area contributed by atoms with Gasteiger partial charge in [0, 0.05) is 41.2 Å². The molecule has 0 radical (unpaired) electrons. The number of rotatable bonds is 4. The lowest BCUT2D eigenvalue weighted by molar-refractivity contribution is 0.686. The second-order valence-electron chi connectivity index (χ2n) is 8.39. The second-order valence-corrected chi connectivity index (χ2v) is 9.74. The molecule has 4 nitrogen and oxygen atoms in total. The number of anilines is 1. The molecule has 2 heterocycles. The van der Waals surface area contributed by atoms with Crippen molar-refractivity contribution in [3.05, 3.63) is 68.0 Å². The third-order valence-electron chi connectivity index (χ3n) is 6.08. The SMILES string of the molecule is Cc1cc(Cc2nc(-c3ccc4c(c3)CCCC4)cs2)c(Cl)cc1NC1=NCCCN1. The number of nitrogens with zero attached hydrogens (tertiary/aromatic N) is 2. The predicted octanol–water partition coefficient (Wildman–Crippen LogP) is 6.00. The lowest BCUT2D eigenvalue weighted by Gasteiger charge is -2.18. The number of thiazole rings is 1. The van der Waals surface area contributed by atoms with E-state index in [0.717, 1.165) is 64.4 Å². The van der Waals surface area contributed by atoms with E-state index >= 15 is 0 Å². The van der Waals surface area contributed by atoms with Gasteiger partial charge in [0.2, 0.25) is 0 Å². The van der Waals surface area contributed by atoms with Gasteiger partial charge in [0.1, 0.15) is 0 Å². The van der Waals surface area contributed by atoms with Gasteiger partial charge in [-0.2, -0.15) is 0 Å². The topological polar surface area (TPSA) is 49.3 Å². The Balaban J connectivity index is 1.33. The lowest BCUT2D eigenvalue weighted by Crippen LogP contribution is -2.35. The molecule has 0 unspecified atom stereocenters. The zero-order chi connectivity index (χ0) is 21.2. The number of aromatic nitrogens is 1. The second kappa shape index (κ2) is 9.01. The van der Waals surface area contributed by atoms with E-state index in [-0.39, 0.29) is 0 Å². The Labute approximate surface area is 192 Å². The maximum Gasteiger partial charge on any atom is 0.195 e. The van der Waals surface area contributed by atoms with Crippen molar-refractivity contribution in [3.63, 3.8) is 0 Å². The molecule has 5 rings (SSSR count). The zero-order valence-electron chi connectivity index (χ0n) is 17.8. The molecule has 0 saturated heterocycles. The van der Waals surface area contributed by atoms with Gasteiger partial charge < -0.3 is 10.6 Å². The Bertz CT molecular complexity index is 1130. The third kappa shape index (κ3) is 4.63. The minimum Gasteiger partial charge on any atom is -0.356 e. The van der Waals surface area contributed by atoms with Crippen LogP contribution in [-0.2, 0) is 19.3 Å². The van der Waals surface area contributed by atoms with Gasteiger partial charge in [0.15, 0.2) is 5.96 Å². The number of nitrogens with one attached hydrogen (secondary N) is 2. The first-order chi connectivity index (χ1) is 15.2. The summed E-state index contributed by atoms with van der Waals surface area (Å²) in [5.74, 6) is 0.827. The van der Waals surface area contributed by atoms with E-state index in [2.05, 4.69) is 52.2 Å². The highest BCUT2D eigenvalue weighted by atomic mass is 35.5. The highest BCUT2D eigenvalue weighted by Crippen LogP contribution is 2.31. The molecule has 2 aliphatic rings. The van der Waals surface area contributed by atoms with Crippen molar-refractivity contribution in [2.24, 2.45) is 4.99 Å². The third-order valence-corrected chi connectivity index (χ3v) is 7.28. The molecule has 31 heavy (non-hydrogen) atoms. The molecule has 2 aromatic carbocycles. The van der Waals surface area contributed by atoms with Gasteiger partial charge in [-0.1, -0.05) is 29.8 Å². The minimum atomic E-state index is 0.745. The number of guanidine groups is 1. The molecule has 0 bridgehead atoms. The zero-order valence-corrected chi connectivity index (χ0v) is 19.4. The van der Waals surface area contributed by atoms with Crippen LogP contribution in [0.1, 0.15) is 46.5 Å². The molecule has 0 fully saturated rings. The van der Waals surface area contributed by atoms with Crippen LogP contribution < -0.4 is 10.6 Å².